The van der Waals surface area contributed by atoms with Crippen molar-refractivity contribution < 1.29 is 18.7 Å². The summed E-state index contributed by atoms with van der Waals surface area (Å²) in [5.74, 6) is 1.30. The van der Waals surface area contributed by atoms with Crippen LogP contribution in [-0.2, 0) is 24.1 Å². The van der Waals surface area contributed by atoms with Crippen LogP contribution in [0, 0.1) is 0 Å². The first-order valence-electron chi connectivity index (χ1n) is 11.1. The van der Waals surface area contributed by atoms with Gasteiger partial charge in [0.05, 0.1) is 5.39 Å². The summed E-state index contributed by atoms with van der Waals surface area (Å²) < 4.78 is 18.1. The highest BCUT2D eigenvalue weighted by molar-refractivity contribution is 5.94. The fourth-order valence-corrected chi connectivity index (χ4v) is 4.59. The lowest BCUT2D eigenvalue weighted by Crippen LogP contribution is -2.33. The number of aryl methyl sites for hydroxylation is 2. The maximum atomic E-state index is 12.8. The van der Waals surface area contributed by atoms with E-state index in [0.717, 1.165) is 54.2 Å². The maximum Gasteiger partial charge on any atom is 0.339 e. The average molecular weight is 434 g/mol. The number of aromatic nitrogens is 1. The Balaban J connectivity index is 1.56. The molecule has 0 unspecified atom stereocenters. The first-order valence-corrected chi connectivity index (χ1v) is 11.1. The van der Waals surface area contributed by atoms with Gasteiger partial charge in [-0.25, -0.2) is 9.78 Å². The molecule has 1 N–H and O–H groups in total. The normalized spacial score (nSPS) is 16.6. The number of nitrogens with zero attached hydrogens (tertiary/aromatic N) is 1. The van der Waals surface area contributed by atoms with Crippen LogP contribution in [-0.4, -0.2) is 23.1 Å². The minimum Gasteiger partial charge on any atom is -0.487 e. The molecule has 1 aliphatic carbocycles. The first-order chi connectivity index (χ1) is 15.4. The van der Waals surface area contributed by atoms with E-state index in [1.165, 1.54) is 0 Å². The summed E-state index contributed by atoms with van der Waals surface area (Å²) in [6.45, 7) is 3.87. The molecule has 3 aromatic rings. The first kappa shape index (κ1) is 20.5. The number of ether oxygens (including phenoxy) is 2. The average Bonchev–Trinajstić information content (AvgIpc) is 2.77. The molecule has 3 heterocycles. The maximum absolute atomic E-state index is 12.8. The molecule has 1 aliphatic heterocycles. The third-order valence-corrected chi connectivity index (χ3v) is 6.17. The highest BCUT2D eigenvalue weighted by atomic mass is 16.5. The van der Waals surface area contributed by atoms with Crippen LogP contribution in [0.3, 0.4) is 0 Å². The monoisotopic (exact) mass is 434 g/mol. The van der Waals surface area contributed by atoms with E-state index in [1.54, 1.807) is 24.4 Å². The van der Waals surface area contributed by atoms with Gasteiger partial charge in [-0.1, -0.05) is 6.07 Å². The van der Waals surface area contributed by atoms with Crippen LogP contribution in [0.15, 0.2) is 39.7 Å². The van der Waals surface area contributed by atoms with Gasteiger partial charge in [0.1, 0.15) is 28.5 Å². The van der Waals surface area contributed by atoms with E-state index in [4.69, 9.17) is 13.9 Å². The van der Waals surface area contributed by atoms with Gasteiger partial charge in [0.2, 0.25) is 0 Å². The zero-order chi connectivity index (χ0) is 22.3. The van der Waals surface area contributed by atoms with Gasteiger partial charge in [0, 0.05) is 23.4 Å². The number of nitrogens with one attached hydrogen (secondary N) is 1. The van der Waals surface area contributed by atoms with Gasteiger partial charge < -0.3 is 19.2 Å². The van der Waals surface area contributed by atoms with Crippen LogP contribution in [0.1, 0.15) is 49.8 Å². The smallest absolute Gasteiger partial charge is 0.339 e. The minimum absolute atomic E-state index is 0.193. The number of hydrogen-bond donors (Lipinski definition) is 1. The Morgan fingerprint density at radius 2 is 1.97 bits per heavy atom. The summed E-state index contributed by atoms with van der Waals surface area (Å²) in [6.07, 6.45) is 6.65. The lowest BCUT2D eigenvalue weighted by Gasteiger charge is -2.33. The minimum atomic E-state index is -0.331. The number of anilines is 1. The Kier molecular flexibility index (Phi) is 5.12. The fraction of sp³-hybridized carbons (Fsp3) is 0.400. The van der Waals surface area contributed by atoms with Crippen molar-refractivity contribution >= 4 is 22.7 Å². The molecule has 2 aliphatic rings. The third-order valence-electron chi connectivity index (χ3n) is 6.17. The van der Waals surface area contributed by atoms with Crippen molar-refractivity contribution in [1.29, 1.82) is 0 Å². The summed E-state index contributed by atoms with van der Waals surface area (Å²) in [5, 5.41) is 3.53. The molecule has 7 heteroatoms. The molecule has 5 rings (SSSR count). The Labute approximate surface area is 185 Å². The van der Waals surface area contributed by atoms with Crippen LogP contribution in [0.2, 0.25) is 0 Å². The highest BCUT2D eigenvalue weighted by Gasteiger charge is 2.32. The standard InChI is InChI=1S/C25H26N2O5/c1-25(2)11-10-17-18(32-25)13-19(30-14-21(28)27-20-9-5-6-12-26-20)22-15-7-3-4-8-16(15)24(29)31-23(17)22/h5-6,9,12-13H,3-4,7-8,10-11,14H2,1-2H3,(H,26,27,28). The highest BCUT2D eigenvalue weighted by Crippen LogP contribution is 2.44. The van der Waals surface area contributed by atoms with Gasteiger partial charge >= 0.3 is 5.63 Å². The van der Waals surface area contributed by atoms with Crippen molar-refractivity contribution in [1.82, 2.24) is 4.98 Å². The van der Waals surface area contributed by atoms with E-state index in [9.17, 15) is 9.59 Å². The van der Waals surface area contributed by atoms with Crippen LogP contribution in [0.5, 0.6) is 11.5 Å². The molecule has 0 fully saturated rings. The topological polar surface area (TPSA) is 90.7 Å². The molecule has 0 radical (unpaired) electrons. The largest absolute Gasteiger partial charge is 0.487 e. The molecule has 0 spiro atoms. The molecule has 7 nitrogen and oxygen atoms in total. The summed E-state index contributed by atoms with van der Waals surface area (Å²) >= 11 is 0. The van der Waals surface area contributed by atoms with Gasteiger partial charge in [-0.05, 0) is 70.1 Å². The zero-order valence-electron chi connectivity index (χ0n) is 18.3. The van der Waals surface area contributed by atoms with E-state index < -0.39 is 0 Å². The van der Waals surface area contributed by atoms with E-state index in [1.807, 2.05) is 19.9 Å². The molecule has 1 aromatic carbocycles. The van der Waals surface area contributed by atoms with Crippen LogP contribution >= 0.6 is 0 Å². The van der Waals surface area contributed by atoms with Crippen LogP contribution in [0.25, 0.3) is 11.0 Å². The predicted octanol–water partition coefficient (Wildman–Crippen LogP) is 4.19. The number of carbonyl (C=O) groups is 1. The van der Waals surface area contributed by atoms with Crippen LogP contribution < -0.4 is 20.4 Å². The summed E-state index contributed by atoms with van der Waals surface area (Å²) in [5.41, 5.74) is 2.53. The van der Waals surface area contributed by atoms with Crippen molar-refractivity contribution in [2.45, 2.75) is 58.0 Å². The number of hydrogen-bond acceptors (Lipinski definition) is 6. The lowest BCUT2D eigenvalue weighted by atomic mass is 9.87. The lowest BCUT2D eigenvalue weighted by molar-refractivity contribution is -0.118. The molecule has 166 valence electrons. The number of amides is 1. The SMILES string of the molecule is CC1(C)CCc2c(cc(OCC(=O)Nc3ccccn3)c3c4c(c(=O)oc23)CCCC4)O1. The fourth-order valence-electron chi connectivity index (χ4n) is 4.59. The summed E-state index contributed by atoms with van der Waals surface area (Å²) in [7, 11) is 0. The molecule has 32 heavy (non-hydrogen) atoms. The molecular weight excluding hydrogens is 408 g/mol. The van der Waals surface area contributed by atoms with Gasteiger partial charge in [0.25, 0.3) is 5.91 Å². The summed E-state index contributed by atoms with van der Waals surface area (Å²) in [4.78, 5) is 29.3. The van der Waals surface area contributed by atoms with Crippen molar-refractivity contribution in [3.8, 4) is 11.5 Å². The molecule has 2 aromatic heterocycles. The number of rotatable bonds is 4. The molecular formula is C25H26N2O5. The number of benzene rings is 1. The second-order valence-electron chi connectivity index (χ2n) is 9.02. The second-order valence-corrected chi connectivity index (χ2v) is 9.02. The molecule has 0 atom stereocenters. The Morgan fingerprint density at radius 1 is 1.16 bits per heavy atom. The van der Waals surface area contributed by atoms with Crippen molar-refractivity contribution in [2.75, 3.05) is 11.9 Å². The molecule has 0 saturated carbocycles. The Morgan fingerprint density at radius 3 is 2.75 bits per heavy atom. The van der Waals surface area contributed by atoms with Gasteiger partial charge in [-0.3, -0.25) is 4.79 Å². The van der Waals surface area contributed by atoms with Gasteiger partial charge in [0.15, 0.2) is 6.61 Å². The van der Waals surface area contributed by atoms with E-state index in [2.05, 4.69) is 10.3 Å². The zero-order valence-corrected chi connectivity index (χ0v) is 18.3. The van der Waals surface area contributed by atoms with Gasteiger partial charge in [-0.2, -0.15) is 0 Å². The Hall–Kier alpha value is -3.35. The predicted molar refractivity (Wildman–Crippen MR) is 121 cm³/mol. The Bertz CT molecular complexity index is 1250. The molecule has 0 bridgehead atoms. The van der Waals surface area contributed by atoms with Gasteiger partial charge in [-0.15, -0.1) is 0 Å². The molecule has 1 amide bonds. The van der Waals surface area contributed by atoms with Crippen LogP contribution in [0.4, 0.5) is 5.82 Å². The van der Waals surface area contributed by atoms with Crippen molar-refractivity contribution in [3.63, 3.8) is 0 Å². The number of fused-ring (bicyclic) bond motifs is 5. The molecule has 0 saturated heterocycles. The second kappa shape index (κ2) is 7.97. The van der Waals surface area contributed by atoms with E-state index in [0.29, 0.717) is 29.3 Å². The van der Waals surface area contributed by atoms with Crippen molar-refractivity contribution in [2.24, 2.45) is 0 Å². The summed E-state index contributed by atoms with van der Waals surface area (Å²) in [6, 6.07) is 7.15. The number of carbonyl (C=O) groups excluding carboxylic acids is 1. The quantitative estimate of drug-likeness (QED) is 0.620. The number of pyridine rings is 1. The van der Waals surface area contributed by atoms with E-state index in [-0.39, 0.29) is 23.7 Å². The third kappa shape index (κ3) is 3.83. The van der Waals surface area contributed by atoms with E-state index >= 15 is 0 Å². The van der Waals surface area contributed by atoms with Crippen molar-refractivity contribution in [3.05, 3.63) is 57.6 Å².